The Morgan fingerprint density at radius 3 is 2.69 bits per heavy atom. The molecule has 5 N–H and O–H groups in total. The standard InChI is InChI=1S/C22H23ClFN7O4S/c1-21(2)19(30-20(33)34)31-22(3,14-6-7-27-36(14,21)35)17-13(24)4-5-15(28-17)29-18(32)16-12(23)8-11(9-25)10-26-16/h4-5,8,10,14,27,35H,6-7H2,1-3H3,(H,30,31)(H,33,34)(H,28,29,32)/t14-,22-/m0/s1. The number of aromatic nitrogens is 2. The molecule has 0 radical (unpaired) electrons. The van der Waals surface area contributed by atoms with Gasteiger partial charge in [0.15, 0.2) is 0 Å². The zero-order chi connectivity index (χ0) is 26.5. The Balaban J connectivity index is 1.77. The summed E-state index contributed by atoms with van der Waals surface area (Å²) in [7, 11) is -2.74. The van der Waals surface area contributed by atoms with Gasteiger partial charge in [0.2, 0.25) is 0 Å². The Labute approximate surface area is 212 Å². The molecule has 2 aromatic rings. The number of carbonyl (C=O) groups excluding carboxylic acids is 1. The van der Waals surface area contributed by atoms with Crippen molar-refractivity contribution in [3.05, 3.63) is 52.2 Å². The second-order valence-corrected chi connectivity index (χ2v) is 12.5. The molecule has 0 spiro atoms. The minimum atomic E-state index is -2.74. The van der Waals surface area contributed by atoms with Crippen molar-refractivity contribution in [3.63, 3.8) is 0 Å². The summed E-state index contributed by atoms with van der Waals surface area (Å²) >= 11 is 6.07. The van der Waals surface area contributed by atoms with Crippen LogP contribution in [0.3, 0.4) is 0 Å². The molecule has 2 amide bonds. The summed E-state index contributed by atoms with van der Waals surface area (Å²) in [5.74, 6) is -1.52. The van der Waals surface area contributed by atoms with E-state index in [1.165, 1.54) is 18.3 Å². The van der Waals surface area contributed by atoms with Crippen molar-refractivity contribution < 1.29 is 23.6 Å². The van der Waals surface area contributed by atoms with Gasteiger partial charge in [0.25, 0.3) is 5.91 Å². The molecule has 0 saturated carbocycles. The molecule has 1 saturated heterocycles. The SMILES string of the molecule is CC1(C)C(NC(=O)O)=N[C@](C)(c2nc(NC(=O)c3ncc(C#N)cc3Cl)ccc2F)[C@@H]2CCNS21O. The van der Waals surface area contributed by atoms with Crippen LogP contribution in [0.5, 0.6) is 0 Å². The Morgan fingerprint density at radius 2 is 2.06 bits per heavy atom. The normalized spacial score (nSPS) is 28.1. The lowest BCUT2D eigenvalue weighted by molar-refractivity contribution is 0.102. The number of aliphatic imine (C=N–C) groups is 1. The van der Waals surface area contributed by atoms with Crippen LogP contribution in [0, 0.1) is 17.1 Å². The van der Waals surface area contributed by atoms with E-state index in [-0.39, 0.29) is 33.6 Å². The van der Waals surface area contributed by atoms with Crippen molar-refractivity contribution in [2.24, 2.45) is 4.99 Å². The summed E-state index contributed by atoms with van der Waals surface area (Å²) in [4.78, 5) is 37.1. The van der Waals surface area contributed by atoms with E-state index in [0.29, 0.717) is 13.0 Å². The van der Waals surface area contributed by atoms with Gasteiger partial charge in [-0.3, -0.25) is 19.8 Å². The van der Waals surface area contributed by atoms with E-state index in [2.05, 4.69) is 30.3 Å². The number of nitriles is 1. The highest BCUT2D eigenvalue weighted by atomic mass is 35.5. The molecule has 4 heterocycles. The Bertz CT molecular complexity index is 1350. The predicted molar refractivity (Wildman–Crippen MR) is 133 cm³/mol. The number of rotatable bonds is 3. The van der Waals surface area contributed by atoms with Gasteiger partial charge in [-0.2, -0.15) is 5.26 Å². The molecule has 36 heavy (non-hydrogen) atoms. The first-order valence-corrected chi connectivity index (χ1v) is 12.8. The molecular formula is C22H23ClFN7O4S. The first-order chi connectivity index (χ1) is 16.8. The predicted octanol–water partition coefficient (Wildman–Crippen LogP) is 3.62. The van der Waals surface area contributed by atoms with Gasteiger partial charge in [0.1, 0.15) is 40.5 Å². The number of carboxylic acid groups (broad SMARTS) is 1. The first-order valence-electron chi connectivity index (χ1n) is 10.8. The fourth-order valence-electron chi connectivity index (χ4n) is 4.55. The van der Waals surface area contributed by atoms with Gasteiger partial charge < -0.3 is 15.0 Å². The molecule has 2 aliphatic rings. The summed E-state index contributed by atoms with van der Waals surface area (Å²) in [5.41, 5.74) is -1.61. The number of halogens is 2. The van der Waals surface area contributed by atoms with Crippen LogP contribution < -0.4 is 15.4 Å². The summed E-state index contributed by atoms with van der Waals surface area (Å²) < 4.78 is 29.0. The van der Waals surface area contributed by atoms with Gasteiger partial charge in [-0.05, 0) is 45.4 Å². The lowest BCUT2D eigenvalue weighted by atomic mass is 9.89. The third kappa shape index (κ3) is 4.05. The largest absolute Gasteiger partial charge is 0.465 e. The van der Waals surface area contributed by atoms with Crippen LogP contribution in [-0.4, -0.2) is 54.0 Å². The van der Waals surface area contributed by atoms with E-state index in [1.54, 1.807) is 20.8 Å². The zero-order valence-corrected chi connectivity index (χ0v) is 21.0. The van der Waals surface area contributed by atoms with Crippen LogP contribution in [-0.2, 0) is 5.54 Å². The van der Waals surface area contributed by atoms with Crippen LogP contribution in [0.1, 0.15) is 48.9 Å². The molecule has 190 valence electrons. The van der Waals surface area contributed by atoms with Gasteiger partial charge in [0, 0.05) is 12.7 Å². The highest BCUT2D eigenvalue weighted by molar-refractivity contribution is 8.29. The lowest BCUT2D eigenvalue weighted by Crippen LogP contribution is -2.59. The van der Waals surface area contributed by atoms with Gasteiger partial charge in [-0.1, -0.05) is 22.1 Å². The maximum atomic E-state index is 15.2. The molecule has 0 aliphatic carbocycles. The molecule has 14 heteroatoms. The fraction of sp³-hybridized carbons (Fsp3) is 0.364. The number of amides is 2. The average Bonchev–Trinajstić information content (AvgIpc) is 3.23. The van der Waals surface area contributed by atoms with Crippen LogP contribution in [0.2, 0.25) is 5.02 Å². The second kappa shape index (κ2) is 8.97. The number of nitrogens with one attached hydrogen (secondary N) is 3. The summed E-state index contributed by atoms with van der Waals surface area (Å²) in [5, 5.41) is 22.5. The Hall–Kier alpha value is -3.31. The van der Waals surface area contributed by atoms with Crippen molar-refractivity contribution in [2.75, 3.05) is 11.9 Å². The quantitative estimate of drug-likeness (QED) is 0.396. The average molecular weight is 536 g/mol. The molecule has 1 unspecified atom stereocenters. The van der Waals surface area contributed by atoms with Gasteiger partial charge >= 0.3 is 6.09 Å². The topological polar surface area (TPSA) is 173 Å². The van der Waals surface area contributed by atoms with E-state index >= 15 is 4.39 Å². The molecule has 0 aromatic carbocycles. The molecule has 2 aliphatic heterocycles. The summed E-state index contributed by atoms with van der Waals surface area (Å²) in [6.45, 7) is 5.36. The number of hydrogen-bond donors (Lipinski definition) is 5. The number of fused-ring (bicyclic) bond motifs is 1. The van der Waals surface area contributed by atoms with Crippen molar-refractivity contribution >= 4 is 45.7 Å². The zero-order valence-electron chi connectivity index (χ0n) is 19.5. The van der Waals surface area contributed by atoms with E-state index < -0.39 is 43.8 Å². The summed E-state index contributed by atoms with van der Waals surface area (Å²) in [6.07, 6.45) is 0.264. The van der Waals surface area contributed by atoms with Crippen LogP contribution in [0.15, 0.2) is 29.4 Å². The monoisotopic (exact) mass is 535 g/mol. The minimum absolute atomic E-state index is 0.0233. The lowest BCUT2D eigenvalue weighted by Gasteiger charge is -2.56. The van der Waals surface area contributed by atoms with Crippen molar-refractivity contribution in [2.45, 2.75) is 42.7 Å². The van der Waals surface area contributed by atoms with Crippen LogP contribution in [0.25, 0.3) is 0 Å². The number of amidine groups is 1. The molecular weight excluding hydrogens is 513 g/mol. The third-order valence-electron chi connectivity index (χ3n) is 6.44. The smallest absolute Gasteiger partial charge is 0.410 e. The molecule has 0 bridgehead atoms. The first kappa shape index (κ1) is 25.8. The molecule has 11 nitrogen and oxygen atoms in total. The van der Waals surface area contributed by atoms with Crippen LogP contribution in [0.4, 0.5) is 15.0 Å². The number of nitrogens with zero attached hydrogens (tertiary/aromatic N) is 4. The number of carbonyl (C=O) groups is 2. The van der Waals surface area contributed by atoms with E-state index in [4.69, 9.17) is 16.9 Å². The minimum Gasteiger partial charge on any atom is -0.465 e. The molecule has 4 rings (SSSR count). The Kier molecular flexibility index (Phi) is 6.42. The maximum absolute atomic E-state index is 15.2. The van der Waals surface area contributed by atoms with Crippen LogP contribution >= 0.6 is 22.1 Å². The van der Waals surface area contributed by atoms with Gasteiger partial charge in [-0.25, -0.2) is 19.2 Å². The number of hydrogen-bond acceptors (Lipinski definition) is 8. The molecule has 2 aromatic heterocycles. The van der Waals surface area contributed by atoms with Crippen molar-refractivity contribution in [3.8, 4) is 6.07 Å². The van der Waals surface area contributed by atoms with Crippen molar-refractivity contribution in [1.82, 2.24) is 20.0 Å². The highest BCUT2D eigenvalue weighted by Gasteiger charge is 2.62. The number of pyridine rings is 2. The van der Waals surface area contributed by atoms with Crippen molar-refractivity contribution in [1.29, 1.82) is 5.26 Å². The highest BCUT2D eigenvalue weighted by Crippen LogP contribution is 2.67. The van der Waals surface area contributed by atoms with Gasteiger partial charge in [-0.15, -0.1) is 0 Å². The summed E-state index contributed by atoms with van der Waals surface area (Å²) in [6, 6.07) is 5.51. The fourth-order valence-corrected chi connectivity index (χ4v) is 8.18. The molecule has 1 fully saturated rings. The van der Waals surface area contributed by atoms with E-state index in [1.807, 2.05) is 6.07 Å². The maximum Gasteiger partial charge on any atom is 0.410 e. The molecule has 3 atom stereocenters. The number of anilines is 1. The van der Waals surface area contributed by atoms with E-state index in [0.717, 1.165) is 6.07 Å². The van der Waals surface area contributed by atoms with E-state index in [9.17, 15) is 19.2 Å². The van der Waals surface area contributed by atoms with Gasteiger partial charge in [0.05, 0.1) is 20.6 Å². The Morgan fingerprint density at radius 1 is 1.33 bits per heavy atom. The third-order valence-corrected chi connectivity index (χ3v) is 10.6. The second-order valence-electron chi connectivity index (χ2n) is 8.99.